The maximum Gasteiger partial charge on any atom is 0.239 e. The molecule has 1 aromatic heterocycles. The zero-order chi connectivity index (χ0) is 12.4. The summed E-state index contributed by atoms with van der Waals surface area (Å²) >= 11 is 1.64. The Morgan fingerprint density at radius 2 is 2.06 bits per heavy atom. The number of primary amides is 1. The van der Waals surface area contributed by atoms with Crippen molar-refractivity contribution >= 4 is 27.3 Å². The van der Waals surface area contributed by atoms with Crippen LogP contribution in [0.2, 0.25) is 0 Å². The number of benzene rings is 1. The molecule has 0 bridgehead atoms. The summed E-state index contributed by atoms with van der Waals surface area (Å²) < 4.78 is 1.18. The molecular weight excluding hydrogens is 232 g/mol. The van der Waals surface area contributed by atoms with E-state index in [0.717, 1.165) is 10.9 Å². The molecule has 1 heterocycles. The molecule has 3 N–H and O–H groups in total. The second kappa shape index (κ2) is 4.85. The zero-order valence-corrected chi connectivity index (χ0v) is 10.8. The molecule has 17 heavy (non-hydrogen) atoms. The fourth-order valence-electron chi connectivity index (χ4n) is 1.88. The molecule has 1 atom stereocenters. The van der Waals surface area contributed by atoms with Crippen molar-refractivity contribution in [3.05, 3.63) is 35.2 Å². The lowest BCUT2D eigenvalue weighted by Gasteiger charge is -2.17. The van der Waals surface area contributed by atoms with E-state index in [1.807, 2.05) is 37.4 Å². The fraction of sp³-hybridized carbons (Fsp3) is 0.308. The van der Waals surface area contributed by atoms with E-state index in [1.54, 1.807) is 11.3 Å². The Kier molecular flexibility index (Phi) is 3.45. The molecule has 0 fully saturated rings. The number of nitrogens with one attached hydrogen (secondary N) is 1. The molecule has 4 heteroatoms. The van der Waals surface area contributed by atoms with Crippen LogP contribution in [0.15, 0.2) is 29.6 Å². The van der Waals surface area contributed by atoms with Crippen LogP contribution in [-0.2, 0) is 4.79 Å². The lowest BCUT2D eigenvalue weighted by Crippen LogP contribution is -2.37. The van der Waals surface area contributed by atoms with Gasteiger partial charge in [0.1, 0.15) is 6.04 Å². The van der Waals surface area contributed by atoms with Gasteiger partial charge in [-0.15, -0.1) is 11.3 Å². The predicted octanol–water partition coefficient (Wildman–Crippen LogP) is 2.43. The van der Waals surface area contributed by atoms with Crippen molar-refractivity contribution in [3.63, 3.8) is 0 Å². The van der Waals surface area contributed by atoms with Gasteiger partial charge in [0.15, 0.2) is 0 Å². The Balaban J connectivity index is 2.45. The van der Waals surface area contributed by atoms with Crippen molar-refractivity contribution in [2.24, 2.45) is 5.73 Å². The van der Waals surface area contributed by atoms with Crippen molar-refractivity contribution in [2.45, 2.75) is 25.9 Å². The number of hydrogen-bond acceptors (Lipinski definition) is 3. The van der Waals surface area contributed by atoms with Crippen LogP contribution in [0.4, 0.5) is 0 Å². The summed E-state index contributed by atoms with van der Waals surface area (Å²) in [5, 5.41) is 6.32. The van der Waals surface area contributed by atoms with E-state index in [-0.39, 0.29) is 11.9 Å². The molecule has 0 radical (unpaired) electrons. The van der Waals surface area contributed by atoms with Crippen molar-refractivity contribution < 1.29 is 4.79 Å². The first-order valence-electron chi connectivity index (χ1n) is 5.61. The van der Waals surface area contributed by atoms with Gasteiger partial charge in [-0.2, -0.15) is 0 Å². The van der Waals surface area contributed by atoms with Gasteiger partial charge in [0, 0.05) is 10.7 Å². The maximum atomic E-state index is 11.5. The van der Waals surface area contributed by atoms with Crippen molar-refractivity contribution in [3.8, 4) is 0 Å². The first kappa shape index (κ1) is 12.1. The summed E-state index contributed by atoms with van der Waals surface area (Å²) in [5.41, 5.74) is 6.45. The standard InChI is InChI=1S/C13H16N2OS/c1-8(2)15-12(13(14)16)10-7-17-11-6-4-3-5-9(10)11/h3-8,12,15H,1-2H3,(H2,14,16). The van der Waals surface area contributed by atoms with Gasteiger partial charge >= 0.3 is 0 Å². The number of hydrogen-bond donors (Lipinski definition) is 2. The number of thiophene rings is 1. The molecule has 3 nitrogen and oxygen atoms in total. The minimum atomic E-state index is -0.411. The second-order valence-corrected chi connectivity index (χ2v) is 5.26. The van der Waals surface area contributed by atoms with E-state index in [9.17, 15) is 4.79 Å². The van der Waals surface area contributed by atoms with Crippen molar-refractivity contribution in [1.29, 1.82) is 0 Å². The fourth-order valence-corrected chi connectivity index (χ4v) is 2.87. The Morgan fingerprint density at radius 3 is 2.71 bits per heavy atom. The molecule has 1 amide bonds. The Morgan fingerprint density at radius 1 is 1.35 bits per heavy atom. The first-order chi connectivity index (χ1) is 8.09. The van der Waals surface area contributed by atoms with Gasteiger partial charge in [0.05, 0.1) is 0 Å². The molecule has 0 aliphatic heterocycles. The predicted molar refractivity (Wildman–Crippen MR) is 72.0 cm³/mol. The third-order valence-electron chi connectivity index (χ3n) is 2.61. The number of rotatable bonds is 4. The summed E-state index contributed by atoms with van der Waals surface area (Å²) in [7, 11) is 0. The number of carbonyl (C=O) groups excluding carboxylic acids is 1. The molecule has 1 unspecified atom stereocenters. The summed E-state index contributed by atoms with van der Waals surface area (Å²) in [6, 6.07) is 7.86. The van der Waals surface area contributed by atoms with Crippen molar-refractivity contribution in [1.82, 2.24) is 5.32 Å². The lowest BCUT2D eigenvalue weighted by molar-refractivity contribution is -0.120. The lowest BCUT2D eigenvalue weighted by atomic mass is 10.0. The number of nitrogens with two attached hydrogens (primary N) is 1. The van der Waals surface area contributed by atoms with Gasteiger partial charge in [-0.25, -0.2) is 0 Å². The number of amides is 1. The molecule has 2 rings (SSSR count). The Labute approximate surface area is 105 Å². The van der Waals surface area contributed by atoms with Crippen LogP contribution < -0.4 is 11.1 Å². The minimum absolute atomic E-state index is 0.214. The third kappa shape index (κ3) is 2.48. The van der Waals surface area contributed by atoms with Crippen LogP contribution in [-0.4, -0.2) is 11.9 Å². The topological polar surface area (TPSA) is 55.1 Å². The molecule has 2 aromatic rings. The van der Waals surface area contributed by atoms with E-state index in [1.165, 1.54) is 4.70 Å². The largest absolute Gasteiger partial charge is 0.368 e. The average molecular weight is 248 g/mol. The Bertz CT molecular complexity index is 533. The van der Waals surface area contributed by atoms with Gasteiger partial charge in [0.2, 0.25) is 5.91 Å². The van der Waals surface area contributed by atoms with Gasteiger partial charge in [-0.05, 0) is 36.2 Å². The number of carbonyl (C=O) groups is 1. The van der Waals surface area contributed by atoms with E-state index in [2.05, 4.69) is 11.4 Å². The molecule has 0 saturated carbocycles. The van der Waals surface area contributed by atoms with E-state index < -0.39 is 6.04 Å². The molecule has 0 aliphatic carbocycles. The third-order valence-corrected chi connectivity index (χ3v) is 3.59. The highest BCUT2D eigenvalue weighted by molar-refractivity contribution is 7.17. The molecule has 1 aromatic carbocycles. The SMILES string of the molecule is CC(C)NC(C(N)=O)c1csc2ccccc12. The highest BCUT2D eigenvalue weighted by atomic mass is 32.1. The molecule has 90 valence electrons. The van der Waals surface area contributed by atoms with Crippen LogP contribution in [0.5, 0.6) is 0 Å². The highest BCUT2D eigenvalue weighted by Gasteiger charge is 2.21. The highest BCUT2D eigenvalue weighted by Crippen LogP contribution is 2.30. The average Bonchev–Trinajstić information content (AvgIpc) is 2.69. The summed E-state index contributed by atoms with van der Waals surface area (Å²) in [4.78, 5) is 11.5. The summed E-state index contributed by atoms with van der Waals surface area (Å²) in [5.74, 6) is -0.331. The normalized spacial score (nSPS) is 13.1. The Hall–Kier alpha value is -1.39. The van der Waals surface area contributed by atoms with E-state index in [4.69, 9.17) is 5.73 Å². The molecular formula is C13H16N2OS. The molecule has 0 spiro atoms. The summed E-state index contributed by atoms with van der Waals surface area (Å²) in [6.45, 7) is 4.01. The van der Waals surface area contributed by atoms with E-state index >= 15 is 0 Å². The summed E-state index contributed by atoms with van der Waals surface area (Å²) in [6.07, 6.45) is 0. The van der Waals surface area contributed by atoms with E-state index in [0.29, 0.717) is 0 Å². The smallest absolute Gasteiger partial charge is 0.239 e. The van der Waals surface area contributed by atoms with Crippen LogP contribution in [0.3, 0.4) is 0 Å². The van der Waals surface area contributed by atoms with Crippen LogP contribution in [0.25, 0.3) is 10.1 Å². The molecule has 0 aliphatic rings. The van der Waals surface area contributed by atoms with Gasteiger partial charge in [-0.1, -0.05) is 18.2 Å². The number of fused-ring (bicyclic) bond motifs is 1. The second-order valence-electron chi connectivity index (χ2n) is 4.34. The quantitative estimate of drug-likeness (QED) is 0.873. The van der Waals surface area contributed by atoms with Gasteiger partial charge in [0.25, 0.3) is 0 Å². The monoisotopic (exact) mass is 248 g/mol. The molecule has 0 saturated heterocycles. The minimum Gasteiger partial charge on any atom is -0.368 e. The first-order valence-corrected chi connectivity index (χ1v) is 6.49. The van der Waals surface area contributed by atoms with Gasteiger partial charge in [-0.3, -0.25) is 10.1 Å². The van der Waals surface area contributed by atoms with Gasteiger partial charge < -0.3 is 5.73 Å². The zero-order valence-electron chi connectivity index (χ0n) is 9.94. The van der Waals surface area contributed by atoms with Crippen molar-refractivity contribution in [2.75, 3.05) is 0 Å². The van der Waals surface area contributed by atoms with Crippen LogP contribution in [0, 0.1) is 0 Å². The van der Waals surface area contributed by atoms with Crippen LogP contribution in [0.1, 0.15) is 25.5 Å². The van der Waals surface area contributed by atoms with Crippen LogP contribution >= 0.6 is 11.3 Å². The maximum absolute atomic E-state index is 11.5.